The maximum absolute atomic E-state index is 5.68. The standard InChI is InChI=1S/C20H34N4O.HI/c1-4-24(5-2)19(17-10-7-6-8-11-17)16-23-20(21-3)22-14-13-18-12-9-15-25-18;/h6-8,10-11,18-19H,4-5,9,12-16H2,1-3H3,(H2,21,22,23);1H. The molecule has 1 aliphatic rings. The van der Waals surface area contributed by atoms with E-state index in [-0.39, 0.29) is 24.0 Å². The number of aliphatic imine (C=N–C) groups is 1. The first-order valence-electron chi connectivity index (χ1n) is 9.63. The Hall–Kier alpha value is -0.860. The number of rotatable bonds is 9. The Labute approximate surface area is 176 Å². The third-order valence-electron chi connectivity index (χ3n) is 4.91. The SMILES string of the molecule is CCN(CC)C(CNC(=NC)NCCC1CCCO1)c1ccccc1.I. The minimum Gasteiger partial charge on any atom is -0.378 e. The van der Waals surface area contributed by atoms with E-state index in [9.17, 15) is 0 Å². The fourth-order valence-corrected chi connectivity index (χ4v) is 3.43. The first-order valence-corrected chi connectivity index (χ1v) is 9.63. The number of benzene rings is 1. The van der Waals surface area contributed by atoms with Crippen molar-refractivity contribution in [2.24, 2.45) is 4.99 Å². The molecule has 0 aliphatic carbocycles. The predicted molar refractivity (Wildman–Crippen MR) is 120 cm³/mol. The summed E-state index contributed by atoms with van der Waals surface area (Å²) in [6, 6.07) is 11.0. The van der Waals surface area contributed by atoms with Crippen molar-refractivity contribution in [2.75, 3.05) is 39.8 Å². The van der Waals surface area contributed by atoms with Crippen LogP contribution in [0.4, 0.5) is 0 Å². The topological polar surface area (TPSA) is 48.9 Å². The minimum atomic E-state index is 0. The molecule has 1 aromatic rings. The number of guanidine groups is 1. The van der Waals surface area contributed by atoms with E-state index in [1.165, 1.54) is 18.4 Å². The summed E-state index contributed by atoms with van der Waals surface area (Å²) in [5, 5.41) is 6.92. The summed E-state index contributed by atoms with van der Waals surface area (Å²) in [5.74, 6) is 0.867. The zero-order chi connectivity index (χ0) is 17.9. The van der Waals surface area contributed by atoms with Crippen LogP contribution in [0.5, 0.6) is 0 Å². The number of nitrogens with zero attached hydrogens (tertiary/aromatic N) is 2. The second-order valence-electron chi connectivity index (χ2n) is 6.45. The van der Waals surface area contributed by atoms with Gasteiger partial charge in [-0.05, 0) is 37.9 Å². The third-order valence-corrected chi connectivity index (χ3v) is 4.91. The quantitative estimate of drug-likeness (QED) is 0.327. The maximum Gasteiger partial charge on any atom is 0.191 e. The monoisotopic (exact) mass is 474 g/mol. The molecule has 2 rings (SSSR count). The number of nitrogens with one attached hydrogen (secondary N) is 2. The van der Waals surface area contributed by atoms with E-state index in [1.807, 2.05) is 7.05 Å². The molecule has 1 aromatic carbocycles. The van der Waals surface area contributed by atoms with Crippen molar-refractivity contribution in [2.45, 2.75) is 45.3 Å². The predicted octanol–water partition coefficient (Wildman–Crippen LogP) is 3.42. The van der Waals surface area contributed by atoms with Crippen LogP contribution in [0.1, 0.15) is 44.7 Å². The Morgan fingerprint density at radius 3 is 2.54 bits per heavy atom. The van der Waals surface area contributed by atoms with Crippen LogP contribution >= 0.6 is 24.0 Å². The van der Waals surface area contributed by atoms with Crippen molar-refractivity contribution in [1.82, 2.24) is 15.5 Å². The average molecular weight is 474 g/mol. The highest BCUT2D eigenvalue weighted by Crippen LogP contribution is 2.19. The molecule has 0 aromatic heterocycles. The molecule has 6 heteroatoms. The van der Waals surface area contributed by atoms with Gasteiger partial charge in [-0.3, -0.25) is 9.89 Å². The van der Waals surface area contributed by atoms with Crippen molar-refractivity contribution in [3.8, 4) is 0 Å². The van der Waals surface area contributed by atoms with Crippen LogP contribution in [0.25, 0.3) is 0 Å². The van der Waals surface area contributed by atoms with Crippen LogP contribution in [-0.2, 0) is 4.74 Å². The molecule has 148 valence electrons. The van der Waals surface area contributed by atoms with Gasteiger partial charge in [0.15, 0.2) is 5.96 Å². The van der Waals surface area contributed by atoms with Gasteiger partial charge in [0.25, 0.3) is 0 Å². The van der Waals surface area contributed by atoms with Gasteiger partial charge >= 0.3 is 0 Å². The highest BCUT2D eigenvalue weighted by molar-refractivity contribution is 14.0. The Morgan fingerprint density at radius 2 is 1.96 bits per heavy atom. The molecule has 0 radical (unpaired) electrons. The molecule has 0 amide bonds. The third kappa shape index (κ3) is 7.40. The summed E-state index contributed by atoms with van der Waals surface area (Å²) in [5.41, 5.74) is 1.34. The Balaban J connectivity index is 0.00000338. The molecule has 2 unspecified atom stereocenters. The molecule has 5 nitrogen and oxygen atoms in total. The van der Waals surface area contributed by atoms with Gasteiger partial charge in [-0.25, -0.2) is 0 Å². The number of hydrogen-bond acceptors (Lipinski definition) is 3. The lowest BCUT2D eigenvalue weighted by Gasteiger charge is -2.30. The summed E-state index contributed by atoms with van der Waals surface area (Å²) in [6.07, 6.45) is 3.84. The van der Waals surface area contributed by atoms with E-state index in [2.05, 4.69) is 64.7 Å². The van der Waals surface area contributed by atoms with Crippen LogP contribution in [0.2, 0.25) is 0 Å². The molecule has 2 N–H and O–H groups in total. The lowest BCUT2D eigenvalue weighted by atomic mass is 10.1. The lowest BCUT2D eigenvalue weighted by Crippen LogP contribution is -2.43. The van der Waals surface area contributed by atoms with E-state index < -0.39 is 0 Å². The maximum atomic E-state index is 5.68. The number of hydrogen-bond donors (Lipinski definition) is 2. The molecular formula is C20H35IN4O. The van der Waals surface area contributed by atoms with Crippen LogP contribution in [0.15, 0.2) is 35.3 Å². The fraction of sp³-hybridized carbons (Fsp3) is 0.650. The Kier molecular flexibility index (Phi) is 11.9. The van der Waals surface area contributed by atoms with Crippen LogP contribution in [-0.4, -0.2) is 56.8 Å². The van der Waals surface area contributed by atoms with Gasteiger partial charge in [0.2, 0.25) is 0 Å². The van der Waals surface area contributed by atoms with E-state index in [0.29, 0.717) is 12.1 Å². The summed E-state index contributed by atoms with van der Waals surface area (Å²) in [4.78, 5) is 6.84. The molecule has 1 fully saturated rings. The smallest absolute Gasteiger partial charge is 0.191 e. The second-order valence-corrected chi connectivity index (χ2v) is 6.45. The molecule has 1 saturated heterocycles. The summed E-state index contributed by atoms with van der Waals surface area (Å²) >= 11 is 0. The van der Waals surface area contributed by atoms with Crippen LogP contribution < -0.4 is 10.6 Å². The van der Waals surface area contributed by atoms with Gasteiger partial charge in [-0.15, -0.1) is 24.0 Å². The van der Waals surface area contributed by atoms with Gasteiger partial charge < -0.3 is 15.4 Å². The molecular weight excluding hydrogens is 439 g/mol. The normalized spacial score (nSPS) is 18.5. The highest BCUT2D eigenvalue weighted by atomic mass is 127. The van der Waals surface area contributed by atoms with E-state index in [1.54, 1.807) is 0 Å². The highest BCUT2D eigenvalue weighted by Gasteiger charge is 2.18. The molecule has 0 saturated carbocycles. The molecule has 1 aliphatic heterocycles. The minimum absolute atomic E-state index is 0. The van der Waals surface area contributed by atoms with Crippen LogP contribution in [0, 0.1) is 0 Å². The van der Waals surface area contributed by atoms with Crippen molar-refractivity contribution < 1.29 is 4.74 Å². The van der Waals surface area contributed by atoms with Crippen molar-refractivity contribution >= 4 is 29.9 Å². The Morgan fingerprint density at radius 1 is 1.23 bits per heavy atom. The van der Waals surface area contributed by atoms with Gasteiger partial charge in [0.1, 0.15) is 0 Å². The zero-order valence-electron chi connectivity index (χ0n) is 16.4. The number of ether oxygens (including phenoxy) is 1. The number of halogens is 1. The van der Waals surface area contributed by atoms with E-state index >= 15 is 0 Å². The summed E-state index contributed by atoms with van der Waals surface area (Å²) in [6.45, 7) is 9.14. The van der Waals surface area contributed by atoms with Crippen molar-refractivity contribution in [3.05, 3.63) is 35.9 Å². The fourth-order valence-electron chi connectivity index (χ4n) is 3.43. The molecule has 0 bridgehead atoms. The van der Waals surface area contributed by atoms with E-state index in [0.717, 1.165) is 45.2 Å². The molecule has 1 heterocycles. The van der Waals surface area contributed by atoms with E-state index in [4.69, 9.17) is 4.74 Å². The zero-order valence-corrected chi connectivity index (χ0v) is 18.7. The van der Waals surface area contributed by atoms with Gasteiger partial charge in [0, 0.05) is 26.7 Å². The Bertz CT molecular complexity index is 502. The first-order chi connectivity index (χ1) is 12.3. The van der Waals surface area contributed by atoms with Crippen LogP contribution in [0.3, 0.4) is 0 Å². The molecule has 26 heavy (non-hydrogen) atoms. The summed E-state index contributed by atoms with van der Waals surface area (Å²) < 4.78 is 5.68. The van der Waals surface area contributed by atoms with Gasteiger partial charge in [-0.2, -0.15) is 0 Å². The average Bonchev–Trinajstić information content (AvgIpc) is 3.17. The largest absolute Gasteiger partial charge is 0.378 e. The van der Waals surface area contributed by atoms with Gasteiger partial charge in [0.05, 0.1) is 12.1 Å². The van der Waals surface area contributed by atoms with Gasteiger partial charge in [-0.1, -0.05) is 44.2 Å². The second kappa shape index (κ2) is 13.3. The number of likely N-dealkylation sites (N-methyl/N-ethyl adjacent to an activating group) is 1. The first kappa shape index (κ1) is 23.2. The molecule has 2 atom stereocenters. The molecule has 0 spiro atoms. The lowest BCUT2D eigenvalue weighted by molar-refractivity contribution is 0.105. The summed E-state index contributed by atoms with van der Waals surface area (Å²) in [7, 11) is 1.83. The van der Waals surface area contributed by atoms with Crippen molar-refractivity contribution in [3.63, 3.8) is 0 Å². The van der Waals surface area contributed by atoms with Crippen molar-refractivity contribution in [1.29, 1.82) is 0 Å².